The second kappa shape index (κ2) is 16.1. The predicted octanol–water partition coefficient (Wildman–Crippen LogP) is 6.45. The van der Waals surface area contributed by atoms with Gasteiger partial charge < -0.3 is 40.6 Å². The van der Waals surface area contributed by atoms with Crippen molar-refractivity contribution in [2.24, 2.45) is 0 Å². The van der Waals surface area contributed by atoms with Crippen molar-refractivity contribution in [2.45, 2.75) is 31.1 Å². The summed E-state index contributed by atoms with van der Waals surface area (Å²) in [4.78, 5) is 41.0. The molecule has 54 heavy (non-hydrogen) atoms. The van der Waals surface area contributed by atoms with Crippen molar-refractivity contribution in [2.75, 3.05) is 43.8 Å². The van der Waals surface area contributed by atoms with E-state index in [1.165, 1.54) is 33.4 Å². The van der Waals surface area contributed by atoms with Crippen LogP contribution in [-0.2, 0) is 20.2 Å². The number of anilines is 4. The van der Waals surface area contributed by atoms with Crippen LogP contribution in [0.5, 0.6) is 23.0 Å². The van der Waals surface area contributed by atoms with Crippen LogP contribution in [-0.4, -0.2) is 64.2 Å². The molecule has 0 unspecified atom stereocenters. The molecule has 0 saturated heterocycles. The summed E-state index contributed by atoms with van der Waals surface area (Å²) < 4.78 is 45.3. The highest BCUT2D eigenvalue weighted by atomic mass is 32.2. The minimum Gasteiger partial charge on any atom is -0.496 e. The van der Waals surface area contributed by atoms with Crippen LogP contribution in [0.2, 0.25) is 0 Å². The number of fused-ring (bicyclic) bond motifs is 1. The smallest absolute Gasteiger partial charge is 0.323 e. The summed E-state index contributed by atoms with van der Waals surface area (Å²) in [7, 11) is 0.105. The minimum atomic E-state index is -3.93. The lowest BCUT2D eigenvalue weighted by atomic mass is 9.86. The molecule has 0 aliphatic rings. The van der Waals surface area contributed by atoms with Gasteiger partial charge in [0.1, 0.15) is 34.5 Å². The summed E-state index contributed by atoms with van der Waals surface area (Å²) in [6, 6.07) is 21.4. The molecule has 0 aliphatic heterocycles. The fourth-order valence-electron chi connectivity index (χ4n) is 5.42. The van der Waals surface area contributed by atoms with E-state index >= 15 is 0 Å². The van der Waals surface area contributed by atoms with Crippen LogP contribution < -0.4 is 40.2 Å². The van der Waals surface area contributed by atoms with Crippen LogP contribution >= 0.6 is 0 Å². The number of carbonyl (C=O) groups is 3. The summed E-state index contributed by atoms with van der Waals surface area (Å²) in [5.41, 5.74) is 1.59. The number of aliphatic carboxylic acids is 1. The highest BCUT2D eigenvalue weighted by Gasteiger charge is 2.27. The minimum absolute atomic E-state index is 0.0103. The Bertz CT molecular complexity index is 2340. The molecule has 0 spiro atoms. The Hall–Kier alpha value is -6.39. The zero-order valence-corrected chi connectivity index (χ0v) is 31.2. The first kappa shape index (κ1) is 38.8. The van der Waals surface area contributed by atoms with Crippen molar-refractivity contribution in [1.29, 1.82) is 0 Å². The van der Waals surface area contributed by atoms with Gasteiger partial charge in [0.2, 0.25) is 10.0 Å². The second-order valence-electron chi connectivity index (χ2n) is 12.8. The summed E-state index contributed by atoms with van der Waals surface area (Å²) in [5.74, 6) is -0.172. The number of urea groups is 1. The van der Waals surface area contributed by atoms with Gasteiger partial charge in [-0.2, -0.15) is 0 Å². The van der Waals surface area contributed by atoms with Crippen LogP contribution in [0.4, 0.5) is 27.7 Å². The topological polar surface area (TPSA) is 206 Å². The molecule has 1 heterocycles. The fraction of sp³-hybridized carbons (Fsp3) is 0.211. The van der Waals surface area contributed by atoms with Gasteiger partial charge in [0.25, 0.3) is 5.91 Å². The van der Waals surface area contributed by atoms with Gasteiger partial charge in [-0.3, -0.25) is 9.59 Å². The molecule has 0 fully saturated rings. The number of ether oxygens (including phenoxy) is 3. The van der Waals surface area contributed by atoms with Crippen LogP contribution in [0, 0.1) is 0 Å². The summed E-state index contributed by atoms with van der Waals surface area (Å²) in [5, 5.41) is 21.3. The Balaban J connectivity index is 1.36. The summed E-state index contributed by atoms with van der Waals surface area (Å²) in [6.45, 7) is 5.27. The maximum absolute atomic E-state index is 13.5. The predicted molar refractivity (Wildman–Crippen MR) is 205 cm³/mol. The molecule has 5 aromatic rings. The quantitative estimate of drug-likeness (QED) is 0.0770. The van der Waals surface area contributed by atoms with E-state index in [1.54, 1.807) is 48.7 Å². The zero-order chi connectivity index (χ0) is 39.2. The number of carboxylic acids is 1. The maximum Gasteiger partial charge on any atom is 0.323 e. The van der Waals surface area contributed by atoms with Crippen molar-refractivity contribution in [3.8, 4) is 23.0 Å². The third kappa shape index (κ3) is 8.97. The number of nitrogens with zero attached hydrogens (tertiary/aromatic N) is 1. The van der Waals surface area contributed by atoms with Crippen molar-refractivity contribution in [3.63, 3.8) is 0 Å². The van der Waals surface area contributed by atoms with Gasteiger partial charge >= 0.3 is 12.0 Å². The normalized spacial score (nSPS) is 11.4. The number of aromatic nitrogens is 1. The number of carboxylic acid groups (broad SMARTS) is 1. The molecule has 282 valence electrons. The SMILES string of the molecule is CNS(=O)(=O)c1cc(C(C)(C)C)cc(NC(=O)Nc2ccc(Oc3ccnc(Nc4ccc(C(=O)NCC(=O)O)c(OC)c4)c3)c3ccccc23)c1OC. The third-order valence-electron chi connectivity index (χ3n) is 8.14. The van der Waals surface area contributed by atoms with E-state index in [2.05, 4.69) is 31.0 Å². The Morgan fingerprint density at radius 2 is 1.56 bits per heavy atom. The number of benzene rings is 4. The lowest BCUT2D eigenvalue weighted by Gasteiger charge is -2.23. The average molecular weight is 757 g/mol. The number of pyridine rings is 1. The molecule has 0 atom stereocenters. The molecule has 0 saturated carbocycles. The molecule has 5 rings (SSSR count). The number of rotatable bonds is 13. The average Bonchev–Trinajstić information content (AvgIpc) is 3.14. The monoisotopic (exact) mass is 756 g/mol. The number of carbonyl (C=O) groups excluding carboxylic acids is 2. The van der Waals surface area contributed by atoms with Gasteiger partial charge in [0.15, 0.2) is 5.75 Å². The molecule has 3 amide bonds. The van der Waals surface area contributed by atoms with Gasteiger partial charge in [0, 0.05) is 34.8 Å². The highest BCUT2D eigenvalue weighted by molar-refractivity contribution is 7.89. The summed E-state index contributed by atoms with van der Waals surface area (Å²) in [6.07, 6.45) is 1.56. The lowest BCUT2D eigenvalue weighted by Crippen LogP contribution is -2.29. The molecule has 0 radical (unpaired) electrons. The third-order valence-corrected chi connectivity index (χ3v) is 9.56. The number of methoxy groups -OCH3 is 2. The van der Waals surface area contributed by atoms with E-state index in [1.807, 2.05) is 45.0 Å². The van der Waals surface area contributed by atoms with E-state index in [-0.39, 0.29) is 27.6 Å². The van der Waals surface area contributed by atoms with E-state index in [9.17, 15) is 22.8 Å². The highest BCUT2D eigenvalue weighted by Crippen LogP contribution is 2.39. The number of hydrogen-bond acceptors (Lipinski definition) is 10. The van der Waals surface area contributed by atoms with Crippen LogP contribution in [0.3, 0.4) is 0 Å². The molecular formula is C38H40N6O9S. The van der Waals surface area contributed by atoms with Gasteiger partial charge in [-0.05, 0) is 60.5 Å². The van der Waals surface area contributed by atoms with E-state index in [4.69, 9.17) is 19.3 Å². The van der Waals surface area contributed by atoms with Crippen LogP contribution in [0.15, 0.2) is 90.0 Å². The first-order chi connectivity index (χ1) is 25.6. The van der Waals surface area contributed by atoms with Crippen molar-refractivity contribution in [3.05, 3.63) is 96.2 Å². The van der Waals surface area contributed by atoms with Crippen molar-refractivity contribution < 1.29 is 42.1 Å². The number of hydrogen-bond donors (Lipinski definition) is 6. The Kier molecular flexibility index (Phi) is 11.6. The standard InChI is InChI=1S/C38H40N6O9S/c1-38(2,3)22-17-29(35(52-6)32(18-22)54(49,50)39-4)44-37(48)43-28-13-14-30(26-10-8-7-9-25(26)28)53-24-15-16-40-33(20-24)42-23-11-12-27(31(19-23)51-5)36(47)41-21-34(45)46/h7-20,39H,21H2,1-6H3,(H,40,42)(H,41,47)(H,45,46)(H2,43,44,48). The number of sulfonamides is 1. The molecule has 6 N–H and O–H groups in total. The van der Waals surface area contributed by atoms with Gasteiger partial charge in [-0.25, -0.2) is 22.9 Å². The molecule has 15 nitrogen and oxygen atoms in total. The Morgan fingerprint density at radius 3 is 2.22 bits per heavy atom. The largest absolute Gasteiger partial charge is 0.496 e. The molecule has 4 aromatic carbocycles. The fourth-order valence-corrected chi connectivity index (χ4v) is 6.36. The summed E-state index contributed by atoms with van der Waals surface area (Å²) >= 11 is 0. The van der Waals surface area contributed by atoms with Gasteiger partial charge in [-0.1, -0.05) is 45.0 Å². The molecule has 0 bridgehead atoms. The first-order valence-corrected chi connectivity index (χ1v) is 18.0. The Morgan fingerprint density at radius 1 is 0.833 bits per heavy atom. The van der Waals surface area contributed by atoms with E-state index < -0.39 is 39.9 Å². The van der Waals surface area contributed by atoms with Gasteiger partial charge in [0.05, 0.1) is 31.2 Å². The van der Waals surface area contributed by atoms with E-state index in [0.29, 0.717) is 45.0 Å². The Labute approximate surface area is 312 Å². The molecular weight excluding hydrogens is 717 g/mol. The number of nitrogens with one attached hydrogen (secondary N) is 5. The molecule has 16 heteroatoms. The lowest BCUT2D eigenvalue weighted by molar-refractivity contribution is -0.135. The number of amides is 3. The van der Waals surface area contributed by atoms with E-state index in [0.717, 1.165) is 0 Å². The van der Waals surface area contributed by atoms with Crippen molar-refractivity contribution in [1.82, 2.24) is 15.0 Å². The molecule has 0 aliphatic carbocycles. The van der Waals surface area contributed by atoms with Gasteiger partial charge in [-0.15, -0.1) is 0 Å². The zero-order valence-electron chi connectivity index (χ0n) is 30.4. The molecule has 1 aromatic heterocycles. The second-order valence-corrected chi connectivity index (χ2v) is 14.7. The van der Waals surface area contributed by atoms with Crippen LogP contribution in [0.25, 0.3) is 10.8 Å². The maximum atomic E-state index is 13.5. The van der Waals surface area contributed by atoms with Crippen LogP contribution in [0.1, 0.15) is 36.7 Å². The van der Waals surface area contributed by atoms with Crippen molar-refractivity contribution >= 4 is 61.6 Å². The first-order valence-electron chi connectivity index (χ1n) is 16.5.